The maximum atomic E-state index is 12.7. The summed E-state index contributed by atoms with van der Waals surface area (Å²) in [6, 6.07) is 3.84. The van der Waals surface area contributed by atoms with E-state index in [1.54, 1.807) is 4.90 Å². The number of aliphatic hydroxyl groups excluding tert-OH is 1. The Morgan fingerprint density at radius 1 is 1.35 bits per heavy atom. The molecule has 1 aliphatic heterocycles. The lowest BCUT2D eigenvalue weighted by atomic mass is 10.1. The second kappa shape index (κ2) is 6.63. The average Bonchev–Trinajstić information content (AvgIpc) is 3.22. The van der Waals surface area contributed by atoms with E-state index in [4.69, 9.17) is 0 Å². The van der Waals surface area contributed by atoms with E-state index in [1.165, 1.54) is 12.3 Å². The molecule has 0 spiro atoms. The van der Waals surface area contributed by atoms with Gasteiger partial charge in [0.25, 0.3) is 9.84 Å². The van der Waals surface area contributed by atoms with Crippen LogP contribution in [0.5, 0.6) is 0 Å². The summed E-state index contributed by atoms with van der Waals surface area (Å²) in [5.41, 5.74) is -5.62. The first kappa shape index (κ1) is 18.8. The number of benzene rings is 1. The highest BCUT2D eigenvalue weighted by atomic mass is 32.2. The summed E-state index contributed by atoms with van der Waals surface area (Å²) in [7, 11) is -5.53. The van der Waals surface area contributed by atoms with Crippen LogP contribution in [-0.2, 0) is 9.84 Å². The van der Waals surface area contributed by atoms with Crippen LogP contribution in [0, 0.1) is 0 Å². The van der Waals surface area contributed by atoms with Gasteiger partial charge in [0, 0.05) is 18.7 Å². The van der Waals surface area contributed by atoms with Crippen molar-refractivity contribution < 1.29 is 31.5 Å². The van der Waals surface area contributed by atoms with Gasteiger partial charge in [0.15, 0.2) is 5.13 Å². The predicted molar refractivity (Wildman–Crippen MR) is 88.1 cm³/mol. The summed E-state index contributed by atoms with van der Waals surface area (Å²) in [6.07, 6.45) is 1.40. The van der Waals surface area contributed by atoms with E-state index < -0.39 is 32.1 Å². The largest absolute Gasteiger partial charge is 0.501 e. The van der Waals surface area contributed by atoms with Crippen molar-refractivity contribution in [3.05, 3.63) is 40.9 Å². The topological polar surface area (TPSA) is 87.6 Å². The molecular weight excluding hydrogens is 393 g/mol. The number of sulfone groups is 1. The maximum absolute atomic E-state index is 12.7. The predicted octanol–water partition coefficient (Wildman–Crippen LogP) is 2.24. The molecule has 0 bridgehead atoms. The number of nitrogens with zero attached hydrogens (tertiary/aromatic N) is 2. The summed E-state index contributed by atoms with van der Waals surface area (Å²) in [5, 5.41) is 10.1. The molecule has 1 aromatic carbocycles. The summed E-state index contributed by atoms with van der Waals surface area (Å²) >= 11 is 1.04. The van der Waals surface area contributed by atoms with Gasteiger partial charge >= 0.3 is 5.51 Å². The van der Waals surface area contributed by atoms with Crippen molar-refractivity contribution in [1.82, 2.24) is 4.98 Å². The third kappa shape index (κ3) is 3.46. The van der Waals surface area contributed by atoms with Crippen molar-refractivity contribution in [1.29, 1.82) is 0 Å². The molecule has 11 heteroatoms. The Labute approximate surface area is 150 Å². The molecule has 3 rings (SSSR count). The summed E-state index contributed by atoms with van der Waals surface area (Å²) in [5.74, 6) is -0.618. The first-order valence-corrected chi connectivity index (χ1v) is 9.74. The molecule has 1 aromatic heterocycles. The monoisotopic (exact) mass is 406 g/mol. The van der Waals surface area contributed by atoms with E-state index >= 15 is 0 Å². The van der Waals surface area contributed by atoms with Crippen molar-refractivity contribution >= 4 is 32.1 Å². The van der Waals surface area contributed by atoms with Crippen molar-refractivity contribution in [3.8, 4) is 0 Å². The van der Waals surface area contributed by atoms with E-state index in [9.17, 15) is 31.5 Å². The third-order valence-corrected chi connectivity index (χ3v) is 6.40. The molecule has 140 valence electrons. The first-order chi connectivity index (χ1) is 12.1. The average molecular weight is 406 g/mol. The van der Waals surface area contributed by atoms with Crippen LogP contribution >= 0.6 is 11.3 Å². The van der Waals surface area contributed by atoms with Gasteiger partial charge < -0.3 is 10.0 Å². The summed E-state index contributed by atoms with van der Waals surface area (Å²) in [6.45, 7) is 0.974. The number of aliphatic hydroxyl groups is 1. The quantitative estimate of drug-likeness (QED) is 0.784. The molecule has 1 aliphatic rings. The number of carbonyl (C=O) groups is 1. The fraction of sp³-hybridized carbons (Fsp3) is 0.333. The number of aromatic nitrogens is 1. The van der Waals surface area contributed by atoms with Gasteiger partial charge in [0.1, 0.15) is 0 Å². The van der Waals surface area contributed by atoms with Gasteiger partial charge in [-0.2, -0.15) is 13.2 Å². The highest BCUT2D eigenvalue weighted by Crippen LogP contribution is 2.32. The highest BCUT2D eigenvalue weighted by molar-refractivity contribution is 7.92. The van der Waals surface area contributed by atoms with Crippen LogP contribution in [0.1, 0.15) is 21.7 Å². The van der Waals surface area contributed by atoms with Crippen molar-refractivity contribution in [2.24, 2.45) is 0 Å². The van der Waals surface area contributed by atoms with Crippen molar-refractivity contribution in [2.45, 2.75) is 22.9 Å². The fourth-order valence-corrected chi connectivity index (χ4v) is 4.23. The number of halogens is 3. The molecule has 0 aliphatic carbocycles. The highest BCUT2D eigenvalue weighted by Gasteiger charge is 2.47. The zero-order valence-electron chi connectivity index (χ0n) is 13.1. The van der Waals surface area contributed by atoms with Gasteiger partial charge in [-0.25, -0.2) is 13.4 Å². The van der Waals surface area contributed by atoms with Crippen LogP contribution < -0.4 is 4.90 Å². The Morgan fingerprint density at radius 3 is 2.69 bits per heavy atom. The minimum Gasteiger partial charge on any atom is -0.391 e. The lowest BCUT2D eigenvalue weighted by Crippen LogP contribution is -2.23. The fourth-order valence-electron chi connectivity index (χ4n) is 2.51. The van der Waals surface area contributed by atoms with Gasteiger partial charge in [-0.1, -0.05) is 23.5 Å². The minimum absolute atomic E-state index is 0.169. The molecule has 2 aromatic rings. The molecule has 1 fully saturated rings. The Bertz CT molecular complexity index is 940. The van der Waals surface area contributed by atoms with E-state index in [-0.39, 0.29) is 10.4 Å². The number of ketones is 1. The number of alkyl halides is 3. The van der Waals surface area contributed by atoms with Crippen molar-refractivity contribution in [3.63, 3.8) is 0 Å². The molecule has 1 N–H and O–H groups in total. The Kier molecular flexibility index (Phi) is 4.80. The van der Waals surface area contributed by atoms with Crippen LogP contribution in [0.15, 0.2) is 35.4 Å². The van der Waals surface area contributed by atoms with Gasteiger partial charge in [-0.05, 0) is 18.6 Å². The molecule has 0 saturated carbocycles. The van der Waals surface area contributed by atoms with Crippen LogP contribution in [-0.4, -0.2) is 49.0 Å². The molecule has 0 radical (unpaired) electrons. The number of β-amino-alcohol motifs (C(OH)–C–C–N with tert-alkyl or cyclic N) is 1. The second-order valence-electron chi connectivity index (χ2n) is 5.70. The standard InChI is InChI=1S/C15H13F3N2O4S2/c16-15(17,18)26(23,24)11-3-1-2-9(6-11)13(22)12-7-19-14(25-12)20-5-4-10(21)8-20/h1-3,6-7,10,21H,4-5,8H2/t10-/m1/s1. The number of thiazole rings is 1. The van der Waals surface area contributed by atoms with Crippen LogP contribution in [0.25, 0.3) is 0 Å². The molecule has 26 heavy (non-hydrogen) atoms. The Balaban J connectivity index is 1.87. The molecule has 0 unspecified atom stereocenters. The van der Waals surface area contributed by atoms with Gasteiger partial charge in [-0.3, -0.25) is 4.79 Å². The second-order valence-corrected chi connectivity index (χ2v) is 8.65. The van der Waals surface area contributed by atoms with Gasteiger partial charge in [-0.15, -0.1) is 0 Å². The normalized spacial score (nSPS) is 18.3. The number of hydrogen-bond donors (Lipinski definition) is 1. The molecular formula is C15H13F3N2O4S2. The van der Waals surface area contributed by atoms with E-state index in [2.05, 4.69) is 4.98 Å². The number of carbonyl (C=O) groups excluding carboxylic acids is 1. The van der Waals surface area contributed by atoms with Crippen LogP contribution in [0.4, 0.5) is 18.3 Å². The zero-order chi connectivity index (χ0) is 19.1. The minimum atomic E-state index is -5.53. The molecule has 6 nitrogen and oxygen atoms in total. The first-order valence-electron chi connectivity index (χ1n) is 7.44. The van der Waals surface area contributed by atoms with E-state index in [1.807, 2.05) is 0 Å². The molecule has 1 atom stereocenters. The molecule has 1 saturated heterocycles. The lowest BCUT2D eigenvalue weighted by Gasteiger charge is -2.12. The lowest BCUT2D eigenvalue weighted by molar-refractivity contribution is -0.0436. The summed E-state index contributed by atoms with van der Waals surface area (Å²) in [4.78, 5) is 17.6. The smallest absolute Gasteiger partial charge is 0.391 e. The molecule has 0 amide bonds. The van der Waals surface area contributed by atoms with Gasteiger partial charge in [0.2, 0.25) is 5.78 Å². The van der Waals surface area contributed by atoms with E-state index in [0.717, 1.165) is 23.5 Å². The molecule has 2 heterocycles. The van der Waals surface area contributed by atoms with Crippen molar-refractivity contribution in [2.75, 3.05) is 18.0 Å². The number of rotatable bonds is 4. The number of hydrogen-bond acceptors (Lipinski definition) is 7. The SMILES string of the molecule is O=C(c1cccc(S(=O)(=O)C(F)(F)F)c1)c1cnc(N2CC[C@@H](O)C2)s1. The summed E-state index contributed by atoms with van der Waals surface area (Å²) < 4.78 is 61.0. The third-order valence-electron chi connectivity index (χ3n) is 3.86. The Hall–Kier alpha value is -1.98. The van der Waals surface area contributed by atoms with Gasteiger partial charge in [0.05, 0.1) is 22.1 Å². The number of anilines is 1. The maximum Gasteiger partial charge on any atom is 0.501 e. The zero-order valence-corrected chi connectivity index (χ0v) is 14.7. The Morgan fingerprint density at radius 2 is 2.08 bits per heavy atom. The van der Waals surface area contributed by atoms with Crippen LogP contribution in [0.2, 0.25) is 0 Å². The van der Waals surface area contributed by atoms with E-state index in [0.29, 0.717) is 30.7 Å². The van der Waals surface area contributed by atoms with Crippen LogP contribution in [0.3, 0.4) is 0 Å².